The van der Waals surface area contributed by atoms with Gasteiger partial charge < -0.3 is 11.5 Å². The summed E-state index contributed by atoms with van der Waals surface area (Å²) in [5.74, 6) is 1.74. The molecule has 7 heteroatoms. The molecule has 0 aromatic rings. The zero-order chi connectivity index (χ0) is 7.98. The molecular formula is C4H8CuN2S4. The van der Waals surface area contributed by atoms with Gasteiger partial charge in [0, 0.05) is 28.6 Å². The van der Waals surface area contributed by atoms with E-state index in [4.69, 9.17) is 11.5 Å². The van der Waals surface area contributed by atoms with Gasteiger partial charge in [0.1, 0.15) is 8.64 Å². The minimum atomic E-state index is 0. The summed E-state index contributed by atoms with van der Waals surface area (Å²) in [5.41, 5.74) is 10.5. The van der Waals surface area contributed by atoms with Gasteiger partial charge >= 0.3 is 0 Å². The van der Waals surface area contributed by atoms with Crippen LogP contribution in [0.15, 0.2) is 0 Å². The van der Waals surface area contributed by atoms with E-state index >= 15 is 0 Å². The van der Waals surface area contributed by atoms with Crippen molar-refractivity contribution in [1.29, 1.82) is 0 Å². The Hall–Kier alpha value is 0.999. The molecule has 0 saturated carbocycles. The van der Waals surface area contributed by atoms with E-state index in [1.54, 1.807) is 0 Å². The Bertz CT molecular complexity index is 124. The average molecular weight is 276 g/mol. The van der Waals surface area contributed by atoms with Crippen molar-refractivity contribution in [3.8, 4) is 0 Å². The van der Waals surface area contributed by atoms with Gasteiger partial charge in [0.25, 0.3) is 0 Å². The molecule has 0 aliphatic rings. The van der Waals surface area contributed by atoms with E-state index in [1.165, 1.54) is 23.5 Å². The summed E-state index contributed by atoms with van der Waals surface area (Å²) in [6.45, 7) is 0. The molecule has 4 N–H and O–H groups in total. The molecule has 0 heterocycles. The van der Waals surface area contributed by atoms with Crippen LogP contribution in [0, 0.1) is 0 Å². The fraction of sp³-hybridized carbons (Fsp3) is 0.500. The molecule has 0 bridgehead atoms. The van der Waals surface area contributed by atoms with E-state index in [2.05, 4.69) is 24.4 Å². The van der Waals surface area contributed by atoms with Crippen molar-refractivity contribution < 1.29 is 17.1 Å². The Labute approximate surface area is 96.1 Å². The maximum absolute atomic E-state index is 5.23. The number of nitrogens with two attached hydrogens (primary N) is 2. The standard InChI is InChI=1S/C4H8N2S4.Cu/c5-3(7)9-1-2-10-4(6)8;/h1-2H2,(H2,5,7)(H2,6,8);. The van der Waals surface area contributed by atoms with E-state index in [9.17, 15) is 0 Å². The monoisotopic (exact) mass is 275 g/mol. The first-order chi connectivity index (χ1) is 4.63. The van der Waals surface area contributed by atoms with Crippen LogP contribution in [0.5, 0.6) is 0 Å². The van der Waals surface area contributed by atoms with Gasteiger partial charge in [-0.3, -0.25) is 0 Å². The molecule has 0 amide bonds. The molecule has 69 valence electrons. The summed E-state index contributed by atoms with van der Waals surface area (Å²) >= 11 is 12.2. The fourth-order valence-corrected chi connectivity index (χ4v) is 1.85. The first-order valence-corrected chi connectivity index (χ1v) is 5.26. The van der Waals surface area contributed by atoms with E-state index in [0.29, 0.717) is 8.64 Å². The molecule has 0 spiro atoms. The van der Waals surface area contributed by atoms with Crippen LogP contribution in [0.1, 0.15) is 0 Å². The number of hydrogen-bond donors (Lipinski definition) is 2. The Kier molecular flexibility index (Phi) is 12.0. The van der Waals surface area contributed by atoms with Crippen LogP contribution in [0.25, 0.3) is 0 Å². The summed E-state index contributed by atoms with van der Waals surface area (Å²) in [6, 6.07) is 0. The van der Waals surface area contributed by atoms with E-state index in [0.717, 1.165) is 11.5 Å². The van der Waals surface area contributed by atoms with Gasteiger partial charge in [0.2, 0.25) is 0 Å². The predicted octanol–water partition coefficient (Wildman–Crippen LogP) is 0.938. The van der Waals surface area contributed by atoms with Gasteiger partial charge in [-0.25, -0.2) is 0 Å². The van der Waals surface area contributed by atoms with Crippen molar-refractivity contribution in [2.45, 2.75) is 0 Å². The van der Waals surface area contributed by atoms with Gasteiger partial charge in [-0.2, -0.15) is 0 Å². The molecule has 2 nitrogen and oxygen atoms in total. The number of thiocarbonyl (C=S) groups is 2. The smallest absolute Gasteiger partial charge is 0.131 e. The van der Waals surface area contributed by atoms with Crippen molar-refractivity contribution in [2.24, 2.45) is 11.5 Å². The SMILES string of the molecule is NC(=S)SCCSC(N)=S.[Cu]. The summed E-state index contributed by atoms with van der Waals surface area (Å²) < 4.78 is 0.951. The second kappa shape index (κ2) is 9.09. The Morgan fingerprint density at radius 2 is 1.27 bits per heavy atom. The van der Waals surface area contributed by atoms with Crippen LogP contribution in [0.2, 0.25) is 0 Å². The van der Waals surface area contributed by atoms with Gasteiger partial charge in [0.05, 0.1) is 0 Å². The minimum absolute atomic E-state index is 0. The molecule has 0 aliphatic carbocycles. The van der Waals surface area contributed by atoms with E-state index in [-0.39, 0.29) is 17.1 Å². The van der Waals surface area contributed by atoms with Gasteiger partial charge in [-0.05, 0) is 0 Å². The Morgan fingerprint density at radius 3 is 1.45 bits per heavy atom. The molecule has 0 fully saturated rings. The minimum Gasteiger partial charge on any atom is -0.385 e. The van der Waals surface area contributed by atoms with Crippen LogP contribution in [0.3, 0.4) is 0 Å². The third-order valence-electron chi connectivity index (χ3n) is 0.572. The van der Waals surface area contributed by atoms with Crippen LogP contribution >= 0.6 is 48.0 Å². The zero-order valence-electron chi connectivity index (χ0n) is 5.50. The number of rotatable bonds is 3. The maximum atomic E-state index is 5.23. The molecule has 0 rings (SSSR count). The summed E-state index contributed by atoms with van der Waals surface area (Å²) in [6.07, 6.45) is 0. The molecule has 0 aromatic heterocycles. The number of hydrogen-bond acceptors (Lipinski definition) is 4. The van der Waals surface area contributed by atoms with Crippen molar-refractivity contribution in [1.82, 2.24) is 0 Å². The molecule has 11 heavy (non-hydrogen) atoms. The second-order valence-electron chi connectivity index (χ2n) is 1.33. The van der Waals surface area contributed by atoms with Gasteiger partial charge in [-0.1, -0.05) is 48.0 Å². The molecule has 0 aromatic carbocycles. The van der Waals surface area contributed by atoms with Crippen molar-refractivity contribution in [2.75, 3.05) is 11.5 Å². The first-order valence-electron chi connectivity index (χ1n) is 2.47. The summed E-state index contributed by atoms with van der Waals surface area (Å²) in [7, 11) is 0. The van der Waals surface area contributed by atoms with Gasteiger partial charge in [-0.15, -0.1) is 0 Å². The van der Waals surface area contributed by atoms with Crippen LogP contribution in [-0.2, 0) is 17.1 Å². The molecule has 1 radical (unpaired) electrons. The van der Waals surface area contributed by atoms with Crippen LogP contribution in [-0.4, -0.2) is 20.1 Å². The normalized spacial score (nSPS) is 8.36. The van der Waals surface area contributed by atoms with Gasteiger partial charge in [0.15, 0.2) is 0 Å². The third kappa shape index (κ3) is 13.9. The van der Waals surface area contributed by atoms with Crippen molar-refractivity contribution in [3.63, 3.8) is 0 Å². The third-order valence-corrected chi connectivity index (χ3v) is 2.92. The van der Waals surface area contributed by atoms with Crippen molar-refractivity contribution >= 4 is 56.6 Å². The van der Waals surface area contributed by atoms with Crippen molar-refractivity contribution in [3.05, 3.63) is 0 Å². The Balaban J connectivity index is 0. The molecule has 0 saturated heterocycles. The molecule has 0 atom stereocenters. The van der Waals surface area contributed by atoms with E-state index in [1.807, 2.05) is 0 Å². The largest absolute Gasteiger partial charge is 0.385 e. The predicted molar refractivity (Wildman–Crippen MR) is 58.5 cm³/mol. The summed E-state index contributed by atoms with van der Waals surface area (Å²) in [4.78, 5) is 0. The topological polar surface area (TPSA) is 52.0 Å². The fourth-order valence-electron chi connectivity index (χ4n) is 0.285. The molecular weight excluding hydrogens is 268 g/mol. The average Bonchev–Trinajstić information content (AvgIpc) is 1.79. The van der Waals surface area contributed by atoms with Crippen LogP contribution in [0.4, 0.5) is 0 Å². The molecule has 0 aliphatic heterocycles. The van der Waals surface area contributed by atoms with Crippen LogP contribution < -0.4 is 11.5 Å². The second-order valence-corrected chi connectivity index (χ2v) is 5.00. The maximum Gasteiger partial charge on any atom is 0.131 e. The Morgan fingerprint density at radius 1 is 1.00 bits per heavy atom. The van der Waals surface area contributed by atoms with E-state index < -0.39 is 0 Å². The quantitative estimate of drug-likeness (QED) is 0.454. The zero-order valence-corrected chi connectivity index (χ0v) is 9.71. The number of thioether (sulfide) groups is 2. The first kappa shape index (κ1) is 14.5. The summed E-state index contributed by atoms with van der Waals surface area (Å²) in [5, 5.41) is 0. The molecule has 0 unspecified atom stereocenters.